The number of methoxy groups -OCH3 is 1. The molecule has 4 fully saturated rings. The van der Waals surface area contributed by atoms with E-state index in [0.717, 1.165) is 43.2 Å². The molecule has 5 aliphatic rings. The molecule has 3 aliphatic carbocycles. The molecule has 2 N–H and O–H groups in total. The molecule has 6 heteroatoms. The van der Waals surface area contributed by atoms with Crippen molar-refractivity contribution in [2.75, 3.05) is 20.2 Å². The van der Waals surface area contributed by atoms with E-state index in [9.17, 15) is 14.7 Å². The van der Waals surface area contributed by atoms with Gasteiger partial charge in [0.05, 0.1) is 19.1 Å². The van der Waals surface area contributed by atoms with Crippen molar-refractivity contribution >= 4 is 11.7 Å². The van der Waals surface area contributed by atoms with E-state index in [1.807, 2.05) is 6.07 Å². The first kappa shape index (κ1) is 18.8. The SMILES string of the molecule is COc1ccc2c(c1)[C@]13CCN(CC4CC4)[C@H](C2)[C@]1(O)CC[C@@]1(C3)NC(=O)CC1=O. The molecule has 2 bridgehead atoms. The molecule has 0 radical (unpaired) electrons. The predicted octanol–water partition coefficient (Wildman–Crippen LogP) is 1.72. The molecule has 6 nitrogen and oxygen atoms in total. The summed E-state index contributed by atoms with van der Waals surface area (Å²) in [5, 5.41) is 15.4. The van der Waals surface area contributed by atoms with Gasteiger partial charge in [-0.25, -0.2) is 0 Å². The summed E-state index contributed by atoms with van der Waals surface area (Å²) in [7, 11) is 1.67. The van der Waals surface area contributed by atoms with Crippen molar-refractivity contribution < 1.29 is 19.4 Å². The number of likely N-dealkylation sites (tertiary alicyclic amines) is 1. The maximum atomic E-state index is 13.0. The van der Waals surface area contributed by atoms with Crippen LogP contribution >= 0.6 is 0 Å². The van der Waals surface area contributed by atoms with Crippen LogP contribution < -0.4 is 10.1 Å². The molecule has 160 valence electrons. The van der Waals surface area contributed by atoms with Crippen LogP contribution in [0.2, 0.25) is 0 Å². The molecule has 1 amide bonds. The van der Waals surface area contributed by atoms with Crippen molar-refractivity contribution in [3.63, 3.8) is 0 Å². The normalized spacial score (nSPS) is 40.1. The molecule has 2 aliphatic heterocycles. The van der Waals surface area contributed by atoms with Gasteiger partial charge in [0.25, 0.3) is 0 Å². The number of nitrogens with zero attached hydrogens (tertiary/aromatic N) is 1. The smallest absolute Gasteiger partial charge is 0.228 e. The zero-order valence-corrected chi connectivity index (χ0v) is 17.6. The minimum atomic E-state index is -0.891. The second kappa shape index (κ2) is 6.07. The number of piperidine rings is 1. The van der Waals surface area contributed by atoms with Crippen molar-refractivity contribution in [1.29, 1.82) is 0 Å². The number of ether oxygens (including phenoxy) is 1. The zero-order chi connectivity index (χ0) is 20.7. The van der Waals surface area contributed by atoms with Gasteiger partial charge >= 0.3 is 0 Å². The fraction of sp³-hybridized carbons (Fsp3) is 0.667. The number of hydrogen-bond acceptors (Lipinski definition) is 5. The van der Waals surface area contributed by atoms with E-state index in [0.29, 0.717) is 19.3 Å². The van der Waals surface area contributed by atoms with Crippen LogP contribution in [0.1, 0.15) is 56.1 Å². The van der Waals surface area contributed by atoms with Crippen LogP contribution in [0.5, 0.6) is 5.75 Å². The lowest BCUT2D eigenvalue weighted by Gasteiger charge is -2.66. The Hall–Kier alpha value is -1.92. The highest BCUT2D eigenvalue weighted by Crippen LogP contribution is 2.61. The monoisotopic (exact) mass is 410 g/mol. The molecular formula is C24H30N2O4. The Balaban J connectivity index is 1.50. The molecule has 2 heterocycles. The lowest BCUT2D eigenvalue weighted by molar-refractivity contribution is -0.180. The van der Waals surface area contributed by atoms with Gasteiger partial charge in [0.1, 0.15) is 11.3 Å². The number of ketones is 1. The number of carbonyl (C=O) groups excluding carboxylic acids is 2. The van der Waals surface area contributed by atoms with Gasteiger partial charge in [-0.1, -0.05) is 6.07 Å². The summed E-state index contributed by atoms with van der Waals surface area (Å²) in [5.74, 6) is 1.37. The quantitative estimate of drug-likeness (QED) is 0.742. The fourth-order valence-corrected chi connectivity index (χ4v) is 7.15. The van der Waals surface area contributed by atoms with Crippen LogP contribution in [0.25, 0.3) is 0 Å². The maximum absolute atomic E-state index is 13.0. The summed E-state index contributed by atoms with van der Waals surface area (Å²) in [6.45, 7) is 1.99. The Bertz CT molecular complexity index is 943. The summed E-state index contributed by atoms with van der Waals surface area (Å²) < 4.78 is 5.54. The summed E-state index contributed by atoms with van der Waals surface area (Å²) >= 11 is 0. The molecular weight excluding hydrogens is 380 g/mol. The Labute approximate surface area is 177 Å². The standard InChI is InChI=1S/C24H30N2O4/c1-30-17-5-4-16-10-19-24(29)7-6-23(20(27)12-21(28)25-23)14-22(24,18(16)11-17)8-9-26(19)13-15-2-3-15/h4-5,11,15,19,29H,2-3,6-10,12-14H2,1H3,(H,25,28)/t19-,22-,23+,24-/m1/s1. The Morgan fingerprint density at radius 2 is 2.07 bits per heavy atom. The Morgan fingerprint density at radius 3 is 2.77 bits per heavy atom. The number of amides is 1. The van der Waals surface area contributed by atoms with Crippen molar-refractivity contribution in [3.05, 3.63) is 29.3 Å². The van der Waals surface area contributed by atoms with Crippen LogP contribution in [-0.4, -0.2) is 59.1 Å². The topological polar surface area (TPSA) is 78.9 Å². The van der Waals surface area contributed by atoms with Crippen LogP contribution in [-0.2, 0) is 21.4 Å². The number of aliphatic hydroxyl groups is 1. The van der Waals surface area contributed by atoms with E-state index in [1.165, 1.54) is 18.4 Å². The van der Waals surface area contributed by atoms with Crippen LogP contribution in [0, 0.1) is 5.92 Å². The molecule has 2 saturated carbocycles. The zero-order valence-electron chi connectivity index (χ0n) is 17.6. The first-order valence-corrected chi connectivity index (χ1v) is 11.4. The first-order valence-electron chi connectivity index (χ1n) is 11.4. The molecule has 30 heavy (non-hydrogen) atoms. The number of nitrogens with one attached hydrogen (secondary N) is 1. The summed E-state index contributed by atoms with van der Waals surface area (Å²) in [6, 6.07) is 6.28. The number of fused-ring (bicyclic) bond motifs is 1. The number of Topliss-reactive ketones (excluding diaryl/α,β-unsaturated/α-hetero) is 1. The number of benzene rings is 1. The fourth-order valence-electron chi connectivity index (χ4n) is 7.15. The molecule has 4 atom stereocenters. The highest BCUT2D eigenvalue weighted by molar-refractivity contribution is 6.10. The summed E-state index contributed by atoms with van der Waals surface area (Å²) in [4.78, 5) is 27.6. The van der Waals surface area contributed by atoms with Crippen LogP contribution in [0.4, 0.5) is 0 Å². The van der Waals surface area contributed by atoms with Crippen molar-refractivity contribution in [3.8, 4) is 5.75 Å². The van der Waals surface area contributed by atoms with Crippen LogP contribution in [0.15, 0.2) is 18.2 Å². The molecule has 0 aromatic heterocycles. The van der Waals surface area contributed by atoms with E-state index < -0.39 is 16.6 Å². The molecule has 2 saturated heterocycles. The van der Waals surface area contributed by atoms with E-state index in [4.69, 9.17) is 4.74 Å². The van der Waals surface area contributed by atoms with Crippen molar-refractivity contribution in [2.45, 2.75) is 74.0 Å². The highest BCUT2D eigenvalue weighted by Gasteiger charge is 2.69. The van der Waals surface area contributed by atoms with E-state index in [-0.39, 0.29) is 24.2 Å². The first-order chi connectivity index (χ1) is 14.4. The van der Waals surface area contributed by atoms with Crippen molar-refractivity contribution in [1.82, 2.24) is 10.2 Å². The largest absolute Gasteiger partial charge is 0.497 e. The molecule has 6 rings (SSSR count). The molecule has 1 spiro atoms. The van der Waals surface area contributed by atoms with E-state index in [1.54, 1.807) is 7.11 Å². The predicted molar refractivity (Wildman–Crippen MR) is 110 cm³/mol. The van der Waals surface area contributed by atoms with Gasteiger partial charge in [-0.2, -0.15) is 0 Å². The second-order valence-corrected chi connectivity index (χ2v) is 10.3. The lowest BCUT2D eigenvalue weighted by Crippen LogP contribution is -2.76. The van der Waals surface area contributed by atoms with Crippen molar-refractivity contribution in [2.24, 2.45) is 5.92 Å². The van der Waals surface area contributed by atoms with Crippen LogP contribution in [0.3, 0.4) is 0 Å². The molecule has 0 unspecified atom stereocenters. The second-order valence-electron chi connectivity index (χ2n) is 10.3. The van der Waals surface area contributed by atoms with Gasteiger partial charge in [0, 0.05) is 18.0 Å². The third-order valence-corrected chi connectivity index (χ3v) is 8.85. The lowest BCUT2D eigenvalue weighted by atomic mass is 9.46. The van der Waals surface area contributed by atoms with Gasteiger partial charge in [0.15, 0.2) is 5.78 Å². The molecule has 1 aromatic rings. The van der Waals surface area contributed by atoms with Gasteiger partial charge in [-0.05, 0) is 80.7 Å². The van der Waals surface area contributed by atoms with Gasteiger partial charge < -0.3 is 15.2 Å². The maximum Gasteiger partial charge on any atom is 0.228 e. The number of carbonyl (C=O) groups is 2. The minimum absolute atomic E-state index is 0.00379. The minimum Gasteiger partial charge on any atom is -0.497 e. The van der Waals surface area contributed by atoms with Gasteiger partial charge in [-0.15, -0.1) is 0 Å². The van der Waals surface area contributed by atoms with Gasteiger partial charge in [0.2, 0.25) is 5.91 Å². The third-order valence-electron chi connectivity index (χ3n) is 8.85. The summed E-state index contributed by atoms with van der Waals surface area (Å²) in [5.41, 5.74) is 0.119. The third kappa shape index (κ3) is 2.38. The average molecular weight is 411 g/mol. The van der Waals surface area contributed by atoms with Gasteiger partial charge in [-0.3, -0.25) is 14.5 Å². The summed E-state index contributed by atoms with van der Waals surface area (Å²) in [6.07, 6.45) is 5.76. The number of rotatable bonds is 3. The highest BCUT2D eigenvalue weighted by atomic mass is 16.5. The van der Waals surface area contributed by atoms with E-state index >= 15 is 0 Å². The Kier molecular flexibility index (Phi) is 3.81. The van der Waals surface area contributed by atoms with E-state index in [2.05, 4.69) is 22.3 Å². The molecule has 1 aromatic carbocycles. The number of hydrogen-bond donors (Lipinski definition) is 2. The Morgan fingerprint density at radius 1 is 1.23 bits per heavy atom. The average Bonchev–Trinajstić information content (AvgIpc) is 3.49.